The summed E-state index contributed by atoms with van der Waals surface area (Å²) in [5.41, 5.74) is 2.39. The molecule has 4 aromatic rings. The van der Waals surface area contributed by atoms with E-state index in [9.17, 15) is 4.39 Å². The molecule has 0 aliphatic heterocycles. The number of hydrogen-bond acceptors (Lipinski definition) is 6. The third kappa shape index (κ3) is 3.63. The number of nitrogens with zero attached hydrogens (tertiary/aromatic N) is 4. The van der Waals surface area contributed by atoms with E-state index in [1.807, 2.05) is 17.6 Å². The van der Waals surface area contributed by atoms with Gasteiger partial charge in [-0.2, -0.15) is 0 Å². The Morgan fingerprint density at radius 1 is 1.18 bits per heavy atom. The number of thioether (sulfide) groups is 1. The van der Waals surface area contributed by atoms with Gasteiger partial charge in [-0.3, -0.25) is 4.57 Å². The van der Waals surface area contributed by atoms with Gasteiger partial charge in [-0.05, 0) is 37.3 Å². The number of rotatable bonds is 7. The summed E-state index contributed by atoms with van der Waals surface area (Å²) in [6.07, 6.45) is 5.03. The highest BCUT2D eigenvalue weighted by atomic mass is 32.2. The van der Waals surface area contributed by atoms with E-state index in [0.717, 1.165) is 33.6 Å². The van der Waals surface area contributed by atoms with Gasteiger partial charge in [0.25, 0.3) is 0 Å². The summed E-state index contributed by atoms with van der Waals surface area (Å²) in [7, 11) is 0. The third-order valence-corrected chi connectivity index (χ3v) is 5.12. The highest BCUT2D eigenvalue weighted by Gasteiger charge is 2.17. The second kappa shape index (κ2) is 7.85. The van der Waals surface area contributed by atoms with Crippen molar-refractivity contribution in [1.82, 2.24) is 19.7 Å². The summed E-state index contributed by atoms with van der Waals surface area (Å²) in [5.74, 6) is 2.24. The molecule has 0 amide bonds. The van der Waals surface area contributed by atoms with Gasteiger partial charge >= 0.3 is 0 Å². The van der Waals surface area contributed by atoms with E-state index in [2.05, 4.69) is 21.8 Å². The molecule has 4 rings (SSSR count). The van der Waals surface area contributed by atoms with Crippen molar-refractivity contribution >= 4 is 11.8 Å². The van der Waals surface area contributed by atoms with Crippen LogP contribution >= 0.6 is 11.8 Å². The summed E-state index contributed by atoms with van der Waals surface area (Å²) >= 11 is 1.50. The zero-order valence-corrected chi connectivity index (χ0v) is 15.9. The maximum Gasteiger partial charge on any atom is 0.226 e. The van der Waals surface area contributed by atoms with Gasteiger partial charge in [-0.15, -0.1) is 16.8 Å². The molecule has 3 aromatic heterocycles. The summed E-state index contributed by atoms with van der Waals surface area (Å²) < 4.78 is 25.9. The fourth-order valence-electron chi connectivity index (χ4n) is 2.74. The Hall–Kier alpha value is -3.13. The zero-order chi connectivity index (χ0) is 19.5. The van der Waals surface area contributed by atoms with Crippen LogP contribution in [-0.2, 0) is 12.3 Å². The largest absolute Gasteiger partial charge is 0.469 e. The van der Waals surface area contributed by atoms with Gasteiger partial charge in [0.1, 0.15) is 17.8 Å². The average molecular weight is 396 g/mol. The lowest BCUT2D eigenvalue weighted by molar-refractivity contribution is 0.534. The van der Waals surface area contributed by atoms with E-state index in [1.165, 1.54) is 23.9 Å². The molecule has 3 heterocycles. The topological polar surface area (TPSA) is 69.9 Å². The molecule has 0 saturated heterocycles. The summed E-state index contributed by atoms with van der Waals surface area (Å²) in [6, 6.07) is 7.91. The van der Waals surface area contributed by atoms with Gasteiger partial charge in [-0.25, -0.2) is 9.37 Å². The van der Waals surface area contributed by atoms with Crippen molar-refractivity contribution < 1.29 is 13.2 Å². The lowest BCUT2D eigenvalue weighted by atomic mass is 10.2. The van der Waals surface area contributed by atoms with Crippen LogP contribution in [0.4, 0.5) is 4.39 Å². The Bertz CT molecular complexity index is 1100. The molecule has 0 bridgehead atoms. The molecule has 0 saturated carbocycles. The number of oxazole rings is 1. The lowest BCUT2D eigenvalue weighted by Gasteiger charge is -2.06. The van der Waals surface area contributed by atoms with Crippen LogP contribution in [0, 0.1) is 12.7 Å². The van der Waals surface area contributed by atoms with Crippen LogP contribution in [-0.4, -0.2) is 19.7 Å². The SMILES string of the molecule is C=CCn1c(SCc2coc(-c3ccc(F)cc3)n2)nnc1-c1ccoc1C. The highest BCUT2D eigenvalue weighted by Crippen LogP contribution is 2.29. The van der Waals surface area contributed by atoms with Gasteiger partial charge in [0.15, 0.2) is 11.0 Å². The summed E-state index contributed by atoms with van der Waals surface area (Å²) in [4.78, 5) is 4.47. The number of halogens is 1. The number of benzene rings is 1. The van der Waals surface area contributed by atoms with E-state index >= 15 is 0 Å². The van der Waals surface area contributed by atoms with Crippen LogP contribution < -0.4 is 0 Å². The summed E-state index contributed by atoms with van der Waals surface area (Å²) in [6.45, 7) is 6.29. The molecule has 0 aliphatic carbocycles. The van der Waals surface area contributed by atoms with E-state index in [0.29, 0.717) is 18.2 Å². The Morgan fingerprint density at radius 2 is 2.00 bits per heavy atom. The Labute approximate surface area is 165 Å². The second-order valence-corrected chi connectivity index (χ2v) is 6.98. The molecule has 0 spiro atoms. The van der Waals surface area contributed by atoms with Crippen molar-refractivity contribution in [2.45, 2.75) is 24.4 Å². The minimum Gasteiger partial charge on any atom is -0.469 e. The Morgan fingerprint density at radius 3 is 2.71 bits per heavy atom. The molecule has 0 aliphatic rings. The van der Waals surface area contributed by atoms with E-state index in [4.69, 9.17) is 8.83 Å². The van der Waals surface area contributed by atoms with Crippen molar-refractivity contribution in [3.63, 3.8) is 0 Å². The number of allylic oxidation sites excluding steroid dienone is 1. The van der Waals surface area contributed by atoms with Crippen molar-refractivity contribution in [1.29, 1.82) is 0 Å². The molecular formula is C20H17FN4O2S. The molecule has 8 heteroatoms. The first-order valence-corrected chi connectivity index (χ1v) is 9.56. The fourth-order valence-corrected chi connectivity index (χ4v) is 3.57. The van der Waals surface area contributed by atoms with Crippen LogP contribution in [0.2, 0.25) is 0 Å². The van der Waals surface area contributed by atoms with E-state index in [-0.39, 0.29) is 5.82 Å². The predicted molar refractivity (Wildman–Crippen MR) is 104 cm³/mol. The first-order valence-electron chi connectivity index (χ1n) is 8.57. The number of furan rings is 1. The van der Waals surface area contributed by atoms with Gasteiger partial charge in [0.2, 0.25) is 5.89 Å². The first kappa shape index (κ1) is 18.2. The standard InChI is InChI=1S/C20H17FN4O2S/c1-3-9-25-18(17-8-10-26-13(17)2)23-24-20(25)28-12-16-11-27-19(22-16)14-4-6-15(21)7-5-14/h3-8,10-11H,1,9,12H2,2H3. The van der Waals surface area contributed by atoms with Gasteiger partial charge in [-0.1, -0.05) is 17.8 Å². The molecule has 142 valence electrons. The monoisotopic (exact) mass is 396 g/mol. The fraction of sp³-hybridized carbons (Fsp3) is 0.150. The molecule has 0 unspecified atom stereocenters. The maximum atomic E-state index is 13.1. The van der Waals surface area contributed by atoms with E-state index in [1.54, 1.807) is 30.7 Å². The zero-order valence-electron chi connectivity index (χ0n) is 15.1. The van der Waals surface area contributed by atoms with Crippen LogP contribution in [0.25, 0.3) is 22.8 Å². The van der Waals surface area contributed by atoms with Gasteiger partial charge < -0.3 is 8.83 Å². The quantitative estimate of drug-likeness (QED) is 0.319. The Balaban J connectivity index is 1.52. The lowest BCUT2D eigenvalue weighted by Crippen LogP contribution is -2.00. The summed E-state index contributed by atoms with van der Waals surface area (Å²) in [5, 5.41) is 9.38. The van der Waals surface area contributed by atoms with Gasteiger partial charge in [0.05, 0.1) is 17.5 Å². The molecule has 0 fully saturated rings. The minimum absolute atomic E-state index is 0.295. The predicted octanol–water partition coefficient (Wildman–Crippen LogP) is 5.12. The van der Waals surface area contributed by atoms with Crippen molar-refractivity contribution in [3.05, 3.63) is 72.8 Å². The average Bonchev–Trinajstić information content (AvgIpc) is 3.41. The first-order chi connectivity index (χ1) is 13.7. The van der Waals surface area contributed by atoms with Crippen molar-refractivity contribution in [2.24, 2.45) is 0 Å². The smallest absolute Gasteiger partial charge is 0.226 e. The third-order valence-electron chi connectivity index (χ3n) is 4.12. The maximum absolute atomic E-state index is 13.1. The number of aryl methyl sites for hydroxylation is 1. The normalized spacial score (nSPS) is 11.1. The van der Waals surface area contributed by atoms with E-state index < -0.39 is 0 Å². The molecule has 28 heavy (non-hydrogen) atoms. The highest BCUT2D eigenvalue weighted by molar-refractivity contribution is 7.98. The van der Waals surface area contributed by atoms with Gasteiger partial charge in [0, 0.05) is 17.9 Å². The minimum atomic E-state index is -0.295. The van der Waals surface area contributed by atoms with Crippen LogP contribution in [0.15, 0.2) is 69.5 Å². The number of hydrogen-bond donors (Lipinski definition) is 0. The molecular weight excluding hydrogens is 379 g/mol. The molecule has 1 aromatic carbocycles. The van der Waals surface area contributed by atoms with Crippen molar-refractivity contribution in [2.75, 3.05) is 0 Å². The second-order valence-electron chi connectivity index (χ2n) is 6.04. The van der Waals surface area contributed by atoms with Crippen LogP contribution in [0.1, 0.15) is 11.5 Å². The Kier molecular flexibility index (Phi) is 5.12. The van der Waals surface area contributed by atoms with Crippen molar-refractivity contribution in [3.8, 4) is 22.8 Å². The molecule has 0 atom stereocenters. The van der Waals surface area contributed by atoms with Crippen LogP contribution in [0.5, 0.6) is 0 Å². The molecule has 0 radical (unpaired) electrons. The molecule has 0 N–H and O–H groups in total. The van der Waals surface area contributed by atoms with Crippen LogP contribution in [0.3, 0.4) is 0 Å². The number of aromatic nitrogens is 4. The molecule has 6 nitrogen and oxygen atoms in total.